The molecule has 0 aromatic heterocycles. The average molecular weight is 430 g/mol. The number of sulfonamides is 1. The number of nitrogens with two attached hydrogens (primary N) is 1. The summed E-state index contributed by atoms with van der Waals surface area (Å²) < 4.78 is 27.7. The quantitative estimate of drug-likeness (QED) is 0.780. The van der Waals surface area contributed by atoms with E-state index in [0.717, 1.165) is 12.8 Å². The van der Waals surface area contributed by atoms with Gasteiger partial charge in [-0.15, -0.1) is 12.4 Å². The Balaban J connectivity index is 0.00000261. The number of carbonyl (C=O) groups is 1. The number of likely N-dealkylation sites (tertiary alicyclic amines) is 1. The summed E-state index contributed by atoms with van der Waals surface area (Å²) in [6, 6.07) is 12.6. The van der Waals surface area contributed by atoms with Crippen molar-refractivity contribution in [3.05, 3.63) is 59.1 Å². The number of amides is 1. The van der Waals surface area contributed by atoms with Crippen LogP contribution in [0.2, 0.25) is 5.02 Å². The Morgan fingerprint density at radius 2 is 1.74 bits per heavy atom. The number of rotatable bonds is 4. The molecular weight excluding hydrogens is 409 g/mol. The lowest BCUT2D eigenvalue weighted by atomic mass is 10.0. The second-order valence-corrected chi connectivity index (χ2v) is 8.36. The molecule has 0 atom stereocenters. The molecule has 1 amide bonds. The van der Waals surface area contributed by atoms with E-state index in [1.54, 1.807) is 29.2 Å². The van der Waals surface area contributed by atoms with Crippen molar-refractivity contribution in [2.75, 3.05) is 17.8 Å². The van der Waals surface area contributed by atoms with Crippen LogP contribution in [0.1, 0.15) is 23.2 Å². The molecule has 0 saturated carbocycles. The third-order valence-corrected chi connectivity index (χ3v) is 5.95. The summed E-state index contributed by atoms with van der Waals surface area (Å²) in [5, 5.41) is 0.365. The molecule has 0 radical (unpaired) electrons. The highest BCUT2D eigenvalue weighted by Crippen LogP contribution is 2.26. The van der Waals surface area contributed by atoms with Crippen molar-refractivity contribution < 1.29 is 13.2 Å². The Morgan fingerprint density at radius 3 is 2.37 bits per heavy atom. The molecule has 9 heteroatoms. The molecular formula is C18H21Cl2N3O3S. The van der Waals surface area contributed by atoms with Gasteiger partial charge in [0.25, 0.3) is 15.9 Å². The third-order valence-electron chi connectivity index (χ3n) is 4.34. The van der Waals surface area contributed by atoms with Crippen molar-refractivity contribution in [2.45, 2.75) is 23.8 Å². The van der Waals surface area contributed by atoms with Crippen LogP contribution < -0.4 is 10.5 Å². The monoisotopic (exact) mass is 429 g/mol. The number of halogens is 2. The largest absolute Gasteiger partial charge is 0.338 e. The summed E-state index contributed by atoms with van der Waals surface area (Å²) in [4.78, 5) is 14.7. The van der Waals surface area contributed by atoms with Crippen molar-refractivity contribution in [3.63, 3.8) is 0 Å². The molecule has 1 fully saturated rings. The first-order chi connectivity index (χ1) is 12.4. The van der Waals surface area contributed by atoms with E-state index in [1.165, 1.54) is 24.3 Å². The summed E-state index contributed by atoms with van der Waals surface area (Å²) in [5.74, 6) is -0.259. The zero-order valence-corrected chi connectivity index (χ0v) is 16.9. The fraction of sp³-hybridized carbons (Fsp3) is 0.278. The van der Waals surface area contributed by atoms with Crippen LogP contribution >= 0.6 is 24.0 Å². The SMILES string of the molecule is Cl.NC1CCN(C(=O)c2cc(Cl)ccc2NS(=O)(=O)c2ccccc2)CC1. The Bertz CT molecular complexity index is 899. The Morgan fingerprint density at radius 1 is 1.11 bits per heavy atom. The maximum Gasteiger partial charge on any atom is 0.261 e. The molecule has 1 aliphatic heterocycles. The molecule has 0 aliphatic carbocycles. The van der Waals surface area contributed by atoms with E-state index in [2.05, 4.69) is 4.72 Å². The first-order valence-electron chi connectivity index (χ1n) is 8.29. The Kier molecular flexibility index (Phi) is 7.11. The Hall–Kier alpha value is -1.80. The fourth-order valence-electron chi connectivity index (χ4n) is 2.86. The van der Waals surface area contributed by atoms with Crippen LogP contribution in [0.4, 0.5) is 5.69 Å². The van der Waals surface area contributed by atoms with Gasteiger partial charge in [-0.05, 0) is 43.2 Å². The predicted molar refractivity (Wildman–Crippen MR) is 109 cm³/mol. The Labute approximate surface area is 170 Å². The van der Waals surface area contributed by atoms with Crippen LogP contribution in [0.15, 0.2) is 53.4 Å². The topological polar surface area (TPSA) is 92.5 Å². The number of benzene rings is 2. The van der Waals surface area contributed by atoms with E-state index in [9.17, 15) is 13.2 Å². The minimum Gasteiger partial charge on any atom is -0.338 e. The number of nitrogens with one attached hydrogen (secondary N) is 1. The van der Waals surface area contributed by atoms with Crippen LogP contribution in [0.25, 0.3) is 0 Å². The molecule has 3 rings (SSSR count). The van der Waals surface area contributed by atoms with Gasteiger partial charge >= 0.3 is 0 Å². The highest BCUT2D eigenvalue weighted by Gasteiger charge is 2.25. The van der Waals surface area contributed by atoms with E-state index in [-0.39, 0.29) is 40.5 Å². The smallest absolute Gasteiger partial charge is 0.261 e. The molecule has 2 aromatic carbocycles. The number of anilines is 1. The lowest BCUT2D eigenvalue weighted by Gasteiger charge is -2.30. The summed E-state index contributed by atoms with van der Waals surface area (Å²) in [7, 11) is -3.81. The molecule has 0 unspecified atom stereocenters. The van der Waals surface area contributed by atoms with Crippen LogP contribution in [-0.4, -0.2) is 38.4 Å². The summed E-state index contributed by atoms with van der Waals surface area (Å²) >= 11 is 6.04. The predicted octanol–water partition coefficient (Wildman–Crippen LogP) is 3.13. The first kappa shape index (κ1) is 21.5. The van der Waals surface area contributed by atoms with E-state index >= 15 is 0 Å². The average Bonchev–Trinajstić information content (AvgIpc) is 2.64. The second kappa shape index (κ2) is 8.93. The van der Waals surface area contributed by atoms with Gasteiger partial charge in [0.2, 0.25) is 0 Å². The minimum absolute atomic E-state index is 0. The maximum atomic E-state index is 12.9. The van der Waals surface area contributed by atoms with Gasteiger partial charge in [-0.3, -0.25) is 9.52 Å². The zero-order valence-electron chi connectivity index (χ0n) is 14.5. The highest BCUT2D eigenvalue weighted by molar-refractivity contribution is 7.92. The van der Waals surface area contributed by atoms with E-state index in [0.29, 0.717) is 18.1 Å². The number of hydrogen-bond donors (Lipinski definition) is 2. The normalized spacial score (nSPS) is 15.1. The molecule has 1 aliphatic rings. The zero-order chi connectivity index (χ0) is 18.7. The molecule has 146 valence electrons. The standard InChI is InChI=1S/C18H20ClN3O3S.ClH/c19-13-6-7-17(21-26(24,25)15-4-2-1-3-5-15)16(12-13)18(23)22-10-8-14(20)9-11-22;/h1-7,12,14,21H,8-11,20H2;1H. The number of piperidine rings is 1. The van der Waals surface area contributed by atoms with Crippen molar-refractivity contribution >= 4 is 45.6 Å². The maximum absolute atomic E-state index is 12.9. The van der Waals surface area contributed by atoms with Gasteiger partial charge in [0.1, 0.15) is 0 Å². The molecule has 1 saturated heterocycles. The second-order valence-electron chi connectivity index (χ2n) is 6.24. The van der Waals surface area contributed by atoms with Gasteiger partial charge in [0.15, 0.2) is 0 Å². The van der Waals surface area contributed by atoms with Crippen molar-refractivity contribution in [3.8, 4) is 0 Å². The van der Waals surface area contributed by atoms with Gasteiger partial charge in [0.05, 0.1) is 16.1 Å². The van der Waals surface area contributed by atoms with Gasteiger partial charge in [0, 0.05) is 24.2 Å². The first-order valence-corrected chi connectivity index (χ1v) is 10.2. The molecule has 1 heterocycles. The molecule has 0 spiro atoms. The van der Waals surface area contributed by atoms with Gasteiger partial charge in [-0.1, -0.05) is 29.8 Å². The fourth-order valence-corrected chi connectivity index (χ4v) is 4.13. The van der Waals surface area contributed by atoms with Crippen LogP contribution in [0.3, 0.4) is 0 Å². The van der Waals surface area contributed by atoms with Crippen LogP contribution in [0.5, 0.6) is 0 Å². The van der Waals surface area contributed by atoms with E-state index in [4.69, 9.17) is 17.3 Å². The van der Waals surface area contributed by atoms with Gasteiger partial charge < -0.3 is 10.6 Å². The third kappa shape index (κ3) is 5.13. The molecule has 0 bridgehead atoms. The number of hydrogen-bond acceptors (Lipinski definition) is 4. The van der Waals surface area contributed by atoms with Gasteiger partial charge in [-0.2, -0.15) is 0 Å². The number of carbonyl (C=O) groups excluding carboxylic acids is 1. The van der Waals surface area contributed by atoms with Crippen molar-refractivity contribution in [1.82, 2.24) is 4.90 Å². The molecule has 3 N–H and O–H groups in total. The molecule has 2 aromatic rings. The molecule has 27 heavy (non-hydrogen) atoms. The van der Waals surface area contributed by atoms with E-state index < -0.39 is 10.0 Å². The lowest BCUT2D eigenvalue weighted by molar-refractivity contribution is 0.0716. The van der Waals surface area contributed by atoms with Gasteiger partial charge in [-0.25, -0.2) is 8.42 Å². The summed E-state index contributed by atoms with van der Waals surface area (Å²) in [6.07, 6.45) is 1.44. The number of nitrogens with zero attached hydrogens (tertiary/aromatic N) is 1. The van der Waals surface area contributed by atoms with Crippen molar-refractivity contribution in [2.24, 2.45) is 5.73 Å². The van der Waals surface area contributed by atoms with Crippen molar-refractivity contribution in [1.29, 1.82) is 0 Å². The summed E-state index contributed by atoms with van der Waals surface area (Å²) in [6.45, 7) is 1.08. The van der Waals surface area contributed by atoms with E-state index in [1.807, 2.05) is 0 Å². The molecule has 6 nitrogen and oxygen atoms in total. The van der Waals surface area contributed by atoms with Crippen LogP contribution in [-0.2, 0) is 10.0 Å². The summed E-state index contributed by atoms with van der Waals surface area (Å²) in [5.41, 5.74) is 6.32. The lowest BCUT2D eigenvalue weighted by Crippen LogP contribution is -2.43. The van der Waals surface area contributed by atoms with Crippen LogP contribution in [0, 0.1) is 0 Å². The minimum atomic E-state index is -3.81. The highest BCUT2D eigenvalue weighted by atomic mass is 35.5.